The van der Waals surface area contributed by atoms with E-state index in [4.69, 9.17) is 19.4 Å². The fourth-order valence-electron chi connectivity index (χ4n) is 4.22. The van der Waals surface area contributed by atoms with E-state index in [1.54, 1.807) is 6.20 Å². The molecule has 1 aliphatic carbocycles. The molecule has 0 saturated carbocycles. The first-order valence-electron chi connectivity index (χ1n) is 10.6. The van der Waals surface area contributed by atoms with Gasteiger partial charge in [-0.25, -0.2) is 4.79 Å². The summed E-state index contributed by atoms with van der Waals surface area (Å²) in [5.74, 6) is -2.54. The zero-order valence-electron chi connectivity index (χ0n) is 17.6. The van der Waals surface area contributed by atoms with Gasteiger partial charge < -0.3 is 19.5 Å². The summed E-state index contributed by atoms with van der Waals surface area (Å²) in [4.78, 5) is 27.9. The summed E-state index contributed by atoms with van der Waals surface area (Å²) in [6.45, 7) is 2.67. The molecule has 2 fully saturated rings. The highest BCUT2D eigenvalue weighted by Gasteiger charge is 2.45. The van der Waals surface area contributed by atoms with Crippen LogP contribution >= 0.6 is 0 Å². The van der Waals surface area contributed by atoms with Gasteiger partial charge in [-0.3, -0.25) is 9.78 Å². The highest BCUT2D eigenvalue weighted by atomic mass is 19.4. The van der Waals surface area contributed by atoms with Crippen LogP contribution in [0.1, 0.15) is 44.2 Å². The molecule has 2 atom stereocenters. The molecule has 3 aliphatic rings. The number of amides is 1. The Morgan fingerprint density at radius 1 is 1.31 bits per heavy atom. The minimum absolute atomic E-state index is 0.0859. The first kappa shape index (κ1) is 24.2. The topological polar surface area (TPSA) is 89.0 Å². The molecule has 7 nitrogen and oxygen atoms in total. The van der Waals surface area contributed by atoms with Crippen molar-refractivity contribution in [1.29, 1.82) is 0 Å². The molecule has 4 rings (SSSR count). The van der Waals surface area contributed by atoms with Crippen LogP contribution in [0.2, 0.25) is 0 Å². The molecule has 1 spiro atoms. The number of rotatable bonds is 4. The molecule has 0 radical (unpaired) electrons. The smallest absolute Gasteiger partial charge is 0.475 e. The van der Waals surface area contributed by atoms with Crippen molar-refractivity contribution in [3.63, 3.8) is 0 Å². The van der Waals surface area contributed by atoms with Crippen LogP contribution in [0.15, 0.2) is 36.0 Å². The lowest BCUT2D eigenvalue weighted by atomic mass is 9.89. The lowest BCUT2D eigenvalue weighted by molar-refractivity contribution is -0.192. The lowest BCUT2D eigenvalue weighted by Crippen LogP contribution is -2.50. The highest BCUT2D eigenvalue weighted by molar-refractivity contribution is 5.93. The van der Waals surface area contributed by atoms with E-state index in [2.05, 4.69) is 11.1 Å². The van der Waals surface area contributed by atoms with Crippen molar-refractivity contribution in [2.45, 2.75) is 63.0 Å². The van der Waals surface area contributed by atoms with Gasteiger partial charge in [-0.15, -0.1) is 0 Å². The van der Waals surface area contributed by atoms with Gasteiger partial charge in [0.05, 0.1) is 37.2 Å². The van der Waals surface area contributed by atoms with E-state index < -0.39 is 12.1 Å². The number of hydrogen-bond acceptors (Lipinski definition) is 5. The van der Waals surface area contributed by atoms with Crippen LogP contribution in [0, 0.1) is 0 Å². The Hall–Kier alpha value is -2.46. The van der Waals surface area contributed by atoms with Crippen molar-refractivity contribution in [2.75, 3.05) is 19.7 Å². The Kier molecular flexibility index (Phi) is 7.89. The van der Waals surface area contributed by atoms with Crippen LogP contribution in [0.3, 0.4) is 0 Å². The predicted molar refractivity (Wildman–Crippen MR) is 108 cm³/mol. The Labute approximate surface area is 184 Å². The number of aromatic nitrogens is 1. The number of carbonyl (C=O) groups is 2. The Bertz CT molecular complexity index is 831. The molecule has 0 bridgehead atoms. The van der Waals surface area contributed by atoms with Crippen LogP contribution < -0.4 is 0 Å². The summed E-state index contributed by atoms with van der Waals surface area (Å²) in [7, 11) is 0. The van der Waals surface area contributed by atoms with Gasteiger partial charge in [0.2, 0.25) is 5.91 Å². The zero-order valence-corrected chi connectivity index (χ0v) is 17.6. The number of allylic oxidation sites excluding steroid dienone is 1. The van der Waals surface area contributed by atoms with Gasteiger partial charge in [0.15, 0.2) is 0 Å². The quantitative estimate of drug-likeness (QED) is 0.746. The molecule has 2 aliphatic heterocycles. The minimum Gasteiger partial charge on any atom is -0.475 e. The molecular weight excluding hydrogens is 429 g/mol. The third-order valence-electron chi connectivity index (χ3n) is 5.75. The van der Waals surface area contributed by atoms with Crippen molar-refractivity contribution in [3.05, 3.63) is 41.7 Å². The Morgan fingerprint density at radius 3 is 2.72 bits per heavy atom. The van der Waals surface area contributed by atoms with E-state index >= 15 is 0 Å². The molecule has 1 N–H and O–H groups in total. The predicted octanol–water partition coefficient (Wildman–Crippen LogP) is 3.49. The van der Waals surface area contributed by atoms with Crippen molar-refractivity contribution in [1.82, 2.24) is 9.88 Å². The molecule has 1 aromatic rings. The number of carboxylic acids is 1. The van der Waals surface area contributed by atoms with Gasteiger partial charge in [-0.1, -0.05) is 12.1 Å². The lowest BCUT2D eigenvalue weighted by Gasteiger charge is -2.39. The third-order valence-corrected chi connectivity index (χ3v) is 5.75. The normalized spacial score (nSPS) is 25.3. The van der Waals surface area contributed by atoms with Crippen LogP contribution in [-0.4, -0.2) is 64.4 Å². The van der Waals surface area contributed by atoms with E-state index in [0.29, 0.717) is 19.8 Å². The van der Waals surface area contributed by atoms with Crippen molar-refractivity contribution in [2.24, 2.45) is 0 Å². The molecular formula is C22H27F3N2O5. The van der Waals surface area contributed by atoms with Gasteiger partial charge in [0.1, 0.15) is 0 Å². The van der Waals surface area contributed by atoms with Crippen molar-refractivity contribution >= 4 is 11.9 Å². The maximum atomic E-state index is 12.7. The molecule has 176 valence electrons. The molecule has 2 saturated heterocycles. The van der Waals surface area contributed by atoms with Gasteiger partial charge in [0.25, 0.3) is 0 Å². The molecule has 1 amide bonds. The number of alkyl halides is 3. The number of nitrogens with zero attached hydrogens (tertiary/aromatic N) is 2. The molecule has 10 heteroatoms. The van der Waals surface area contributed by atoms with Crippen LogP contribution in [-0.2, 0) is 25.7 Å². The maximum Gasteiger partial charge on any atom is 0.490 e. The Morgan fingerprint density at radius 2 is 2.09 bits per heavy atom. The third kappa shape index (κ3) is 6.52. The van der Waals surface area contributed by atoms with Crippen LogP contribution in [0.5, 0.6) is 0 Å². The number of likely N-dealkylation sites (tertiary alicyclic amines) is 1. The zero-order chi connectivity index (χ0) is 23.2. The number of hydrogen-bond donors (Lipinski definition) is 1. The van der Waals surface area contributed by atoms with E-state index in [1.165, 1.54) is 0 Å². The molecule has 32 heavy (non-hydrogen) atoms. The summed E-state index contributed by atoms with van der Waals surface area (Å²) < 4.78 is 43.9. The van der Waals surface area contributed by atoms with Crippen molar-refractivity contribution in [3.8, 4) is 0 Å². The summed E-state index contributed by atoms with van der Waals surface area (Å²) >= 11 is 0. The van der Waals surface area contributed by atoms with Crippen molar-refractivity contribution < 1.29 is 37.3 Å². The molecule has 0 unspecified atom stereocenters. The molecule has 3 heterocycles. The number of ether oxygens (including phenoxy) is 2. The second-order valence-electron chi connectivity index (χ2n) is 8.21. The highest BCUT2D eigenvalue weighted by Crippen LogP contribution is 2.37. The average Bonchev–Trinajstić information content (AvgIpc) is 3.43. The SMILES string of the molecule is O=C(C1=CCCC1)N1CCC[C@]2(C[C@H](OCc3ccccn3)CO2)C1.O=C(O)C(F)(F)F. The number of halogens is 3. The summed E-state index contributed by atoms with van der Waals surface area (Å²) in [6, 6.07) is 5.85. The van der Waals surface area contributed by atoms with Crippen LogP contribution in [0.25, 0.3) is 0 Å². The molecule has 0 aromatic carbocycles. The number of pyridine rings is 1. The van der Waals surface area contributed by atoms with E-state index in [9.17, 15) is 18.0 Å². The fourth-order valence-corrected chi connectivity index (χ4v) is 4.22. The Balaban J connectivity index is 0.000000360. The number of carboxylic acid groups (broad SMARTS) is 1. The van der Waals surface area contributed by atoms with Gasteiger partial charge in [-0.05, 0) is 44.2 Å². The summed E-state index contributed by atoms with van der Waals surface area (Å²) in [5, 5.41) is 7.12. The molecule has 1 aromatic heterocycles. The first-order chi connectivity index (χ1) is 15.2. The number of carbonyl (C=O) groups excluding carboxylic acids is 1. The second kappa shape index (κ2) is 10.4. The number of piperidine rings is 1. The van der Waals surface area contributed by atoms with Crippen LogP contribution in [0.4, 0.5) is 13.2 Å². The fraction of sp³-hybridized carbons (Fsp3) is 0.591. The summed E-state index contributed by atoms with van der Waals surface area (Å²) in [5.41, 5.74) is 1.72. The van der Waals surface area contributed by atoms with Gasteiger partial charge in [0, 0.05) is 24.7 Å². The largest absolute Gasteiger partial charge is 0.490 e. The van der Waals surface area contributed by atoms with E-state index in [1.807, 2.05) is 23.1 Å². The maximum absolute atomic E-state index is 12.7. The average molecular weight is 456 g/mol. The number of aliphatic carboxylic acids is 1. The first-order valence-corrected chi connectivity index (χ1v) is 10.6. The standard InChI is InChI=1S/C20H26N2O3.C2HF3O2/c23-19(16-6-1-2-7-16)22-11-5-9-20(15-22)12-18(14-25-20)24-13-17-8-3-4-10-21-17;3-2(4,5)1(6)7/h3-4,6,8,10,18H,1-2,5,7,9,11-15H2;(H,6,7)/t18-,20-;/m0./s1. The van der Waals surface area contributed by atoms with E-state index in [-0.39, 0.29) is 17.6 Å². The monoisotopic (exact) mass is 456 g/mol. The summed E-state index contributed by atoms with van der Waals surface area (Å²) in [6.07, 6.45) is 4.86. The van der Waals surface area contributed by atoms with Gasteiger partial charge >= 0.3 is 12.1 Å². The minimum atomic E-state index is -5.08. The van der Waals surface area contributed by atoms with Gasteiger partial charge in [-0.2, -0.15) is 13.2 Å². The second-order valence-corrected chi connectivity index (χ2v) is 8.21. The van der Waals surface area contributed by atoms with E-state index in [0.717, 1.165) is 56.3 Å².